The SMILES string of the molecule is Clc1cc(Cl)c2[nH]cc(CCNc3cnccn3)c2c1. The molecule has 0 radical (unpaired) electrons. The molecule has 2 aromatic heterocycles. The van der Waals surface area contributed by atoms with Crippen LogP contribution in [0.4, 0.5) is 5.82 Å². The fourth-order valence-electron chi connectivity index (χ4n) is 2.13. The van der Waals surface area contributed by atoms with Crippen LogP contribution in [-0.2, 0) is 6.42 Å². The molecule has 1 aromatic carbocycles. The van der Waals surface area contributed by atoms with Crippen molar-refractivity contribution in [2.75, 3.05) is 11.9 Å². The average Bonchev–Trinajstić information content (AvgIpc) is 2.83. The lowest BCUT2D eigenvalue weighted by atomic mass is 10.1. The van der Waals surface area contributed by atoms with Crippen LogP contribution in [0.1, 0.15) is 5.56 Å². The highest BCUT2D eigenvalue weighted by atomic mass is 35.5. The monoisotopic (exact) mass is 306 g/mol. The molecular weight excluding hydrogens is 295 g/mol. The lowest BCUT2D eigenvalue weighted by molar-refractivity contribution is 1.01. The fourth-order valence-corrected chi connectivity index (χ4v) is 2.68. The van der Waals surface area contributed by atoms with E-state index in [1.165, 1.54) is 5.56 Å². The molecule has 4 nitrogen and oxygen atoms in total. The molecule has 3 rings (SSSR count). The van der Waals surface area contributed by atoms with Gasteiger partial charge in [-0.25, -0.2) is 4.98 Å². The lowest BCUT2D eigenvalue weighted by Crippen LogP contribution is -2.06. The number of aromatic amines is 1. The summed E-state index contributed by atoms with van der Waals surface area (Å²) in [6.07, 6.45) is 7.81. The molecule has 6 heteroatoms. The molecule has 0 aliphatic rings. The number of hydrogen-bond acceptors (Lipinski definition) is 3. The zero-order valence-corrected chi connectivity index (χ0v) is 12.0. The summed E-state index contributed by atoms with van der Waals surface area (Å²) in [6, 6.07) is 3.67. The molecule has 2 N–H and O–H groups in total. The summed E-state index contributed by atoms with van der Waals surface area (Å²) in [5.41, 5.74) is 2.09. The van der Waals surface area contributed by atoms with Gasteiger partial charge in [0, 0.05) is 35.5 Å². The second-order valence-electron chi connectivity index (χ2n) is 4.39. The Labute approximate surface area is 126 Å². The number of H-pyrrole nitrogens is 1. The Bertz CT molecular complexity index is 725. The van der Waals surface area contributed by atoms with E-state index in [4.69, 9.17) is 23.2 Å². The van der Waals surface area contributed by atoms with Crippen LogP contribution in [0.15, 0.2) is 36.9 Å². The maximum absolute atomic E-state index is 6.16. The molecule has 0 spiro atoms. The summed E-state index contributed by atoms with van der Waals surface area (Å²) in [5.74, 6) is 0.767. The maximum Gasteiger partial charge on any atom is 0.144 e. The molecule has 3 aromatic rings. The molecule has 0 unspecified atom stereocenters. The summed E-state index contributed by atoms with van der Waals surface area (Å²) >= 11 is 12.2. The van der Waals surface area contributed by atoms with Crippen molar-refractivity contribution in [3.8, 4) is 0 Å². The first-order valence-corrected chi connectivity index (χ1v) is 6.94. The van der Waals surface area contributed by atoms with E-state index in [2.05, 4.69) is 20.3 Å². The van der Waals surface area contributed by atoms with Crippen LogP contribution in [0.5, 0.6) is 0 Å². The first kappa shape index (κ1) is 13.2. The number of anilines is 1. The van der Waals surface area contributed by atoms with Crippen LogP contribution < -0.4 is 5.32 Å². The Morgan fingerprint density at radius 1 is 1.20 bits per heavy atom. The van der Waals surface area contributed by atoms with E-state index < -0.39 is 0 Å². The van der Waals surface area contributed by atoms with Gasteiger partial charge in [0.15, 0.2) is 0 Å². The van der Waals surface area contributed by atoms with E-state index in [1.54, 1.807) is 24.7 Å². The Kier molecular flexibility index (Phi) is 3.76. The van der Waals surface area contributed by atoms with Gasteiger partial charge >= 0.3 is 0 Å². The van der Waals surface area contributed by atoms with Crippen LogP contribution in [0.3, 0.4) is 0 Å². The van der Waals surface area contributed by atoms with E-state index in [9.17, 15) is 0 Å². The van der Waals surface area contributed by atoms with Gasteiger partial charge in [-0.15, -0.1) is 0 Å². The van der Waals surface area contributed by atoms with Crippen molar-refractivity contribution in [2.24, 2.45) is 0 Å². The van der Waals surface area contributed by atoms with Gasteiger partial charge in [-0.1, -0.05) is 23.2 Å². The van der Waals surface area contributed by atoms with Crippen LogP contribution in [0, 0.1) is 0 Å². The van der Waals surface area contributed by atoms with Crippen LogP contribution >= 0.6 is 23.2 Å². The smallest absolute Gasteiger partial charge is 0.144 e. The Morgan fingerprint density at radius 2 is 2.10 bits per heavy atom. The Morgan fingerprint density at radius 3 is 2.90 bits per heavy atom. The molecule has 2 heterocycles. The van der Waals surface area contributed by atoms with Crippen molar-refractivity contribution < 1.29 is 0 Å². The third-order valence-electron chi connectivity index (χ3n) is 3.06. The van der Waals surface area contributed by atoms with Crippen molar-refractivity contribution in [1.82, 2.24) is 15.0 Å². The lowest BCUT2D eigenvalue weighted by Gasteiger charge is -2.04. The minimum Gasteiger partial charge on any atom is -0.368 e. The molecule has 0 aliphatic carbocycles. The highest BCUT2D eigenvalue weighted by Crippen LogP contribution is 2.29. The molecule has 20 heavy (non-hydrogen) atoms. The first-order valence-electron chi connectivity index (χ1n) is 6.19. The predicted molar refractivity (Wildman–Crippen MR) is 82.5 cm³/mol. The second kappa shape index (κ2) is 5.69. The maximum atomic E-state index is 6.16. The van der Waals surface area contributed by atoms with E-state index in [0.29, 0.717) is 10.0 Å². The number of benzene rings is 1. The van der Waals surface area contributed by atoms with Gasteiger partial charge in [0.05, 0.1) is 16.7 Å². The first-order chi connectivity index (χ1) is 9.74. The van der Waals surface area contributed by atoms with Crippen molar-refractivity contribution in [1.29, 1.82) is 0 Å². The fraction of sp³-hybridized carbons (Fsp3) is 0.143. The number of rotatable bonds is 4. The molecule has 0 saturated heterocycles. The van der Waals surface area contributed by atoms with Crippen LogP contribution in [-0.4, -0.2) is 21.5 Å². The quantitative estimate of drug-likeness (QED) is 0.768. The van der Waals surface area contributed by atoms with Gasteiger partial charge in [0.1, 0.15) is 5.82 Å². The van der Waals surface area contributed by atoms with E-state index in [0.717, 1.165) is 29.7 Å². The Balaban J connectivity index is 1.75. The largest absolute Gasteiger partial charge is 0.368 e. The third kappa shape index (κ3) is 2.71. The summed E-state index contributed by atoms with van der Waals surface area (Å²) < 4.78 is 0. The van der Waals surface area contributed by atoms with E-state index >= 15 is 0 Å². The van der Waals surface area contributed by atoms with Crippen LogP contribution in [0.25, 0.3) is 10.9 Å². The summed E-state index contributed by atoms with van der Waals surface area (Å²) in [7, 11) is 0. The second-order valence-corrected chi connectivity index (χ2v) is 5.24. The number of halogens is 2. The number of nitrogens with zero attached hydrogens (tertiary/aromatic N) is 2. The van der Waals surface area contributed by atoms with Gasteiger partial charge in [-0.3, -0.25) is 4.98 Å². The topological polar surface area (TPSA) is 53.6 Å². The predicted octanol–water partition coefficient (Wildman–Crippen LogP) is 3.92. The van der Waals surface area contributed by atoms with Gasteiger partial charge in [0.2, 0.25) is 0 Å². The van der Waals surface area contributed by atoms with Crippen molar-refractivity contribution in [2.45, 2.75) is 6.42 Å². The number of nitrogens with one attached hydrogen (secondary N) is 2. The normalized spacial score (nSPS) is 10.9. The third-order valence-corrected chi connectivity index (χ3v) is 3.57. The van der Waals surface area contributed by atoms with Crippen molar-refractivity contribution in [3.05, 3.63) is 52.5 Å². The number of aromatic nitrogens is 3. The average molecular weight is 307 g/mol. The zero-order valence-electron chi connectivity index (χ0n) is 10.5. The highest BCUT2D eigenvalue weighted by Gasteiger charge is 2.08. The van der Waals surface area contributed by atoms with E-state index in [-0.39, 0.29) is 0 Å². The number of fused-ring (bicyclic) bond motifs is 1. The molecule has 102 valence electrons. The molecule has 0 aliphatic heterocycles. The summed E-state index contributed by atoms with van der Waals surface area (Å²) in [6.45, 7) is 0.760. The van der Waals surface area contributed by atoms with Gasteiger partial charge in [0.25, 0.3) is 0 Å². The summed E-state index contributed by atoms with van der Waals surface area (Å²) in [4.78, 5) is 11.4. The molecule has 0 bridgehead atoms. The number of hydrogen-bond donors (Lipinski definition) is 2. The molecule has 0 saturated carbocycles. The molecule has 0 atom stereocenters. The van der Waals surface area contributed by atoms with Gasteiger partial charge in [-0.05, 0) is 24.1 Å². The van der Waals surface area contributed by atoms with Crippen LogP contribution in [0.2, 0.25) is 10.0 Å². The van der Waals surface area contributed by atoms with Crippen molar-refractivity contribution >= 4 is 39.9 Å². The molecule has 0 fully saturated rings. The minimum absolute atomic E-state index is 0.639. The zero-order chi connectivity index (χ0) is 13.9. The molecule has 0 amide bonds. The Hall–Kier alpha value is -1.78. The van der Waals surface area contributed by atoms with Gasteiger partial charge in [-0.2, -0.15) is 0 Å². The van der Waals surface area contributed by atoms with Crippen molar-refractivity contribution in [3.63, 3.8) is 0 Å². The minimum atomic E-state index is 0.639. The highest BCUT2D eigenvalue weighted by molar-refractivity contribution is 6.38. The standard InChI is InChI=1S/C14H12Cl2N4/c15-10-5-11-9(7-20-14(11)12(16)6-10)1-2-18-13-8-17-3-4-19-13/h3-8,20H,1-2H2,(H,18,19). The molecular formula is C14H12Cl2N4. The van der Waals surface area contributed by atoms with Gasteiger partial charge < -0.3 is 10.3 Å². The summed E-state index contributed by atoms with van der Waals surface area (Å²) in [5, 5.41) is 5.57. The van der Waals surface area contributed by atoms with E-state index in [1.807, 2.05) is 12.3 Å².